The Kier molecular flexibility index (Phi) is 6.23. The molecule has 0 spiro atoms. The minimum atomic E-state index is -1.65. The summed E-state index contributed by atoms with van der Waals surface area (Å²) in [7, 11) is 0. The summed E-state index contributed by atoms with van der Waals surface area (Å²) in [6.45, 7) is 3.23. The molecule has 2 rings (SSSR count). The average molecular weight is 342 g/mol. The summed E-state index contributed by atoms with van der Waals surface area (Å²) in [4.78, 5) is 25.6. The molecule has 1 N–H and O–H groups in total. The Morgan fingerprint density at radius 2 is 1.83 bits per heavy atom. The van der Waals surface area contributed by atoms with Crippen molar-refractivity contribution in [2.45, 2.75) is 32.6 Å². The fourth-order valence-electron chi connectivity index (χ4n) is 2.74. The lowest BCUT2D eigenvalue weighted by Crippen LogP contribution is -2.43. The number of halogens is 3. The SMILES string of the molecule is CCCCNC(=O)C1CCN(C(=O)c2ccc(F)c(F)c2F)CC1. The summed E-state index contributed by atoms with van der Waals surface area (Å²) >= 11 is 0. The third-order valence-corrected chi connectivity index (χ3v) is 4.25. The van der Waals surface area contributed by atoms with E-state index in [-0.39, 0.29) is 24.9 Å². The van der Waals surface area contributed by atoms with Crippen molar-refractivity contribution in [3.63, 3.8) is 0 Å². The van der Waals surface area contributed by atoms with E-state index < -0.39 is 28.9 Å². The van der Waals surface area contributed by atoms with Crippen molar-refractivity contribution >= 4 is 11.8 Å². The molecule has 1 aliphatic heterocycles. The van der Waals surface area contributed by atoms with E-state index in [1.54, 1.807) is 0 Å². The number of carbonyl (C=O) groups excluding carboxylic acids is 2. The van der Waals surface area contributed by atoms with E-state index in [0.29, 0.717) is 19.4 Å². The number of rotatable bonds is 5. The molecule has 0 bridgehead atoms. The van der Waals surface area contributed by atoms with Gasteiger partial charge in [-0.05, 0) is 31.4 Å². The van der Waals surface area contributed by atoms with Gasteiger partial charge < -0.3 is 10.2 Å². The van der Waals surface area contributed by atoms with Gasteiger partial charge in [-0.2, -0.15) is 0 Å². The van der Waals surface area contributed by atoms with E-state index in [4.69, 9.17) is 0 Å². The van der Waals surface area contributed by atoms with Crippen LogP contribution in [0.15, 0.2) is 12.1 Å². The molecular weight excluding hydrogens is 321 g/mol. The van der Waals surface area contributed by atoms with Crippen molar-refractivity contribution < 1.29 is 22.8 Å². The number of unbranched alkanes of at least 4 members (excludes halogenated alkanes) is 1. The molecule has 0 aliphatic carbocycles. The molecule has 0 atom stereocenters. The van der Waals surface area contributed by atoms with E-state index >= 15 is 0 Å². The van der Waals surface area contributed by atoms with Gasteiger partial charge in [0.15, 0.2) is 17.5 Å². The molecule has 1 fully saturated rings. The Bertz CT molecular complexity index is 614. The van der Waals surface area contributed by atoms with Gasteiger partial charge in [-0.1, -0.05) is 13.3 Å². The smallest absolute Gasteiger partial charge is 0.256 e. The van der Waals surface area contributed by atoms with Crippen molar-refractivity contribution in [1.82, 2.24) is 10.2 Å². The minimum Gasteiger partial charge on any atom is -0.356 e. The second-order valence-corrected chi connectivity index (χ2v) is 5.93. The number of amides is 2. The van der Waals surface area contributed by atoms with E-state index in [1.807, 2.05) is 6.92 Å². The van der Waals surface area contributed by atoms with Crippen LogP contribution >= 0.6 is 0 Å². The van der Waals surface area contributed by atoms with Crippen LogP contribution in [0.25, 0.3) is 0 Å². The quantitative estimate of drug-likeness (QED) is 0.661. The zero-order valence-corrected chi connectivity index (χ0v) is 13.6. The third kappa shape index (κ3) is 4.07. The molecule has 1 aromatic rings. The average Bonchev–Trinajstić information content (AvgIpc) is 2.59. The van der Waals surface area contributed by atoms with Crippen molar-refractivity contribution in [3.05, 3.63) is 35.1 Å². The number of nitrogens with one attached hydrogen (secondary N) is 1. The molecule has 1 heterocycles. The maximum absolute atomic E-state index is 13.7. The normalized spacial score (nSPS) is 15.4. The highest BCUT2D eigenvalue weighted by Gasteiger charge is 2.29. The predicted octanol–water partition coefficient (Wildman–Crippen LogP) is 2.87. The maximum Gasteiger partial charge on any atom is 0.256 e. The Morgan fingerprint density at radius 1 is 1.17 bits per heavy atom. The lowest BCUT2D eigenvalue weighted by atomic mass is 9.95. The summed E-state index contributed by atoms with van der Waals surface area (Å²) in [5.41, 5.74) is -0.486. The molecule has 0 unspecified atom stereocenters. The largest absolute Gasteiger partial charge is 0.356 e. The van der Waals surface area contributed by atoms with Crippen LogP contribution in [0.2, 0.25) is 0 Å². The highest BCUT2D eigenvalue weighted by atomic mass is 19.2. The second-order valence-electron chi connectivity index (χ2n) is 5.93. The zero-order valence-electron chi connectivity index (χ0n) is 13.6. The lowest BCUT2D eigenvalue weighted by Gasteiger charge is -2.31. The molecule has 0 saturated carbocycles. The standard InChI is InChI=1S/C17H21F3N2O2/c1-2-3-8-21-16(23)11-6-9-22(10-7-11)17(24)12-4-5-13(18)15(20)14(12)19/h4-5,11H,2-3,6-10H2,1H3,(H,21,23). The number of nitrogens with zero attached hydrogens (tertiary/aromatic N) is 1. The molecule has 7 heteroatoms. The summed E-state index contributed by atoms with van der Waals surface area (Å²) in [6, 6.07) is 1.68. The maximum atomic E-state index is 13.7. The van der Waals surface area contributed by atoms with Crippen LogP contribution in [0.3, 0.4) is 0 Å². The topological polar surface area (TPSA) is 49.4 Å². The third-order valence-electron chi connectivity index (χ3n) is 4.25. The Hall–Kier alpha value is -2.05. The summed E-state index contributed by atoms with van der Waals surface area (Å²) < 4.78 is 39.9. The number of piperidine rings is 1. The van der Waals surface area contributed by atoms with Crippen LogP contribution in [-0.2, 0) is 4.79 Å². The van der Waals surface area contributed by atoms with Crippen molar-refractivity contribution in [1.29, 1.82) is 0 Å². The van der Waals surface area contributed by atoms with Gasteiger partial charge in [0.25, 0.3) is 5.91 Å². The second kappa shape index (κ2) is 8.17. The molecule has 1 saturated heterocycles. The number of carbonyl (C=O) groups is 2. The zero-order chi connectivity index (χ0) is 17.7. The van der Waals surface area contributed by atoms with Gasteiger partial charge >= 0.3 is 0 Å². The Morgan fingerprint density at radius 3 is 2.46 bits per heavy atom. The first-order valence-electron chi connectivity index (χ1n) is 8.16. The lowest BCUT2D eigenvalue weighted by molar-refractivity contribution is -0.126. The van der Waals surface area contributed by atoms with Crippen LogP contribution in [0, 0.1) is 23.4 Å². The van der Waals surface area contributed by atoms with Gasteiger partial charge in [-0.15, -0.1) is 0 Å². The van der Waals surface area contributed by atoms with Gasteiger partial charge in [0.2, 0.25) is 5.91 Å². The van der Waals surface area contributed by atoms with Gasteiger partial charge in [0.05, 0.1) is 5.56 Å². The number of hydrogen-bond donors (Lipinski definition) is 1. The molecule has 2 amide bonds. The van der Waals surface area contributed by atoms with Crippen molar-refractivity contribution in [3.8, 4) is 0 Å². The van der Waals surface area contributed by atoms with Crippen LogP contribution in [0.5, 0.6) is 0 Å². The summed E-state index contributed by atoms with van der Waals surface area (Å²) in [5.74, 6) is -5.34. The summed E-state index contributed by atoms with van der Waals surface area (Å²) in [6.07, 6.45) is 2.84. The molecule has 4 nitrogen and oxygen atoms in total. The molecular formula is C17H21F3N2O2. The van der Waals surface area contributed by atoms with E-state index in [0.717, 1.165) is 25.0 Å². The molecule has 1 aliphatic rings. The molecule has 0 radical (unpaired) electrons. The van der Waals surface area contributed by atoms with Crippen LogP contribution < -0.4 is 5.32 Å². The first-order chi connectivity index (χ1) is 11.5. The monoisotopic (exact) mass is 342 g/mol. The highest BCUT2D eigenvalue weighted by molar-refractivity contribution is 5.94. The number of likely N-dealkylation sites (tertiary alicyclic amines) is 1. The van der Waals surface area contributed by atoms with Crippen LogP contribution in [0.1, 0.15) is 43.0 Å². The van der Waals surface area contributed by atoms with Crippen molar-refractivity contribution in [2.24, 2.45) is 5.92 Å². The number of benzene rings is 1. The van der Waals surface area contributed by atoms with E-state index in [1.165, 1.54) is 4.90 Å². The van der Waals surface area contributed by atoms with Gasteiger partial charge in [0, 0.05) is 25.6 Å². The minimum absolute atomic E-state index is 0.0328. The fraction of sp³-hybridized carbons (Fsp3) is 0.529. The Labute approximate surface area is 139 Å². The predicted molar refractivity (Wildman–Crippen MR) is 82.9 cm³/mol. The molecule has 0 aromatic heterocycles. The number of hydrogen-bond acceptors (Lipinski definition) is 2. The van der Waals surface area contributed by atoms with Crippen LogP contribution in [0.4, 0.5) is 13.2 Å². The Balaban J connectivity index is 1.94. The van der Waals surface area contributed by atoms with Crippen molar-refractivity contribution in [2.75, 3.05) is 19.6 Å². The van der Waals surface area contributed by atoms with E-state index in [9.17, 15) is 22.8 Å². The first kappa shape index (κ1) is 18.3. The van der Waals surface area contributed by atoms with Crippen LogP contribution in [-0.4, -0.2) is 36.3 Å². The molecule has 132 valence electrons. The van der Waals surface area contributed by atoms with E-state index in [2.05, 4.69) is 5.32 Å². The van der Waals surface area contributed by atoms with Gasteiger partial charge in [0.1, 0.15) is 0 Å². The van der Waals surface area contributed by atoms with Gasteiger partial charge in [-0.3, -0.25) is 9.59 Å². The van der Waals surface area contributed by atoms with Gasteiger partial charge in [-0.25, -0.2) is 13.2 Å². The molecule has 24 heavy (non-hydrogen) atoms. The summed E-state index contributed by atoms with van der Waals surface area (Å²) in [5, 5.41) is 2.86. The fourth-order valence-corrected chi connectivity index (χ4v) is 2.74. The first-order valence-corrected chi connectivity index (χ1v) is 8.16. The highest BCUT2D eigenvalue weighted by Crippen LogP contribution is 2.22. The molecule has 1 aromatic carbocycles.